The van der Waals surface area contributed by atoms with Crippen LogP contribution >= 0.6 is 11.3 Å². The molecule has 1 spiro atoms. The lowest BCUT2D eigenvalue weighted by Gasteiger charge is -2.47. The minimum absolute atomic E-state index is 0.503. The van der Waals surface area contributed by atoms with Gasteiger partial charge in [0, 0.05) is 31.6 Å². The first-order valence-electron chi connectivity index (χ1n) is 7.60. The van der Waals surface area contributed by atoms with E-state index in [1.54, 1.807) is 11.3 Å². The zero-order chi connectivity index (χ0) is 16.0. The molecule has 8 heteroatoms. The van der Waals surface area contributed by atoms with Crippen molar-refractivity contribution in [1.29, 1.82) is 0 Å². The smallest absolute Gasteiger partial charge is 0.211 e. The number of thiazole rings is 1. The molecular formula is C14H23N3O3S2. The number of aromatic nitrogens is 1. The summed E-state index contributed by atoms with van der Waals surface area (Å²) in [5, 5.41) is 13.8. The fourth-order valence-electron chi connectivity index (χ4n) is 3.83. The molecule has 6 nitrogen and oxygen atoms in total. The molecule has 2 atom stereocenters. The van der Waals surface area contributed by atoms with Gasteiger partial charge in [-0.2, -0.15) is 4.31 Å². The van der Waals surface area contributed by atoms with Gasteiger partial charge in [0.1, 0.15) is 0 Å². The molecule has 1 N–H and O–H groups in total. The fraction of sp³-hybridized carbons (Fsp3) is 0.786. The van der Waals surface area contributed by atoms with Gasteiger partial charge in [0.05, 0.1) is 28.6 Å². The van der Waals surface area contributed by atoms with Gasteiger partial charge >= 0.3 is 0 Å². The van der Waals surface area contributed by atoms with Crippen LogP contribution in [0.15, 0.2) is 5.38 Å². The van der Waals surface area contributed by atoms with E-state index < -0.39 is 21.7 Å². The first-order chi connectivity index (χ1) is 10.3. The first-order valence-corrected chi connectivity index (χ1v) is 10.3. The summed E-state index contributed by atoms with van der Waals surface area (Å²) in [5.41, 5.74) is 0.430. The Morgan fingerprint density at radius 2 is 2.23 bits per heavy atom. The molecule has 2 aliphatic rings. The maximum atomic E-state index is 12.0. The Kier molecular flexibility index (Phi) is 4.32. The summed E-state index contributed by atoms with van der Waals surface area (Å²) in [6.45, 7) is 4.52. The van der Waals surface area contributed by atoms with Crippen LogP contribution in [0.5, 0.6) is 0 Å². The molecule has 0 bridgehead atoms. The van der Waals surface area contributed by atoms with Crippen LogP contribution in [0.25, 0.3) is 0 Å². The number of aliphatic hydroxyl groups is 1. The molecule has 2 aliphatic heterocycles. The van der Waals surface area contributed by atoms with Crippen LogP contribution in [-0.4, -0.2) is 65.2 Å². The van der Waals surface area contributed by atoms with Gasteiger partial charge < -0.3 is 5.11 Å². The molecule has 3 heterocycles. The zero-order valence-electron chi connectivity index (χ0n) is 13.0. The number of hydrogen-bond donors (Lipinski definition) is 1. The Bertz CT molecular complexity index is 646. The van der Waals surface area contributed by atoms with Crippen LogP contribution in [0.1, 0.15) is 30.0 Å². The van der Waals surface area contributed by atoms with Gasteiger partial charge in [-0.15, -0.1) is 11.3 Å². The number of hydrogen-bond acceptors (Lipinski definition) is 6. The van der Waals surface area contributed by atoms with Crippen molar-refractivity contribution in [2.75, 3.05) is 25.9 Å². The number of aliphatic hydroxyl groups excluding tert-OH is 1. The summed E-state index contributed by atoms with van der Waals surface area (Å²) in [4.78, 5) is 6.63. The monoisotopic (exact) mass is 345 g/mol. The minimum atomic E-state index is -3.27. The predicted octanol–water partition coefficient (Wildman–Crippen LogP) is 0.812. The highest BCUT2D eigenvalue weighted by molar-refractivity contribution is 7.88. The third-order valence-corrected chi connectivity index (χ3v) is 7.00. The van der Waals surface area contributed by atoms with Crippen molar-refractivity contribution in [3.63, 3.8) is 0 Å². The van der Waals surface area contributed by atoms with Crippen molar-refractivity contribution in [3.05, 3.63) is 16.1 Å². The Hall–Kier alpha value is -0.540. The van der Waals surface area contributed by atoms with Gasteiger partial charge in [-0.05, 0) is 26.2 Å². The van der Waals surface area contributed by atoms with Crippen LogP contribution < -0.4 is 0 Å². The number of sulfonamides is 1. The maximum absolute atomic E-state index is 12.0. The van der Waals surface area contributed by atoms with Gasteiger partial charge in [-0.1, -0.05) is 0 Å². The highest BCUT2D eigenvalue weighted by Gasteiger charge is 2.52. The van der Waals surface area contributed by atoms with E-state index in [9.17, 15) is 13.5 Å². The topological polar surface area (TPSA) is 73.7 Å². The molecule has 2 saturated heterocycles. The Morgan fingerprint density at radius 1 is 1.45 bits per heavy atom. The van der Waals surface area contributed by atoms with Crippen LogP contribution in [0.2, 0.25) is 0 Å². The second-order valence-electron chi connectivity index (χ2n) is 6.40. The second-order valence-corrected chi connectivity index (χ2v) is 9.37. The number of piperidine rings is 1. The van der Waals surface area contributed by atoms with Crippen molar-refractivity contribution in [1.82, 2.24) is 14.2 Å². The molecule has 2 fully saturated rings. The van der Waals surface area contributed by atoms with Gasteiger partial charge in [0.25, 0.3) is 0 Å². The van der Waals surface area contributed by atoms with Crippen LogP contribution in [-0.2, 0) is 16.6 Å². The minimum Gasteiger partial charge on any atom is -0.390 e. The lowest BCUT2D eigenvalue weighted by Crippen LogP contribution is -2.62. The SMILES string of the molecule is Cc1nc(CN2CC[C@@]3(CCCN3S(C)(=O)=O)[C@@H](O)C2)cs1. The predicted molar refractivity (Wildman–Crippen MR) is 86.3 cm³/mol. The van der Waals surface area contributed by atoms with E-state index in [4.69, 9.17) is 0 Å². The normalized spacial score (nSPS) is 31.1. The van der Waals surface area contributed by atoms with E-state index in [1.165, 1.54) is 10.6 Å². The van der Waals surface area contributed by atoms with Crippen molar-refractivity contribution >= 4 is 21.4 Å². The molecule has 0 radical (unpaired) electrons. The Balaban J connectivity index is 1.72. The van der Waals surface area contributed by atoms with Gasteiger partial charge in [-0.3, -0.25) is 4.90 Å². The van der Waals surface area contributed by atoms with Gasteiger partial charge in [0.2, 0.25) is 10.0 Å². The number of aryl methyl sites for hydroxylation is 1. The van der Waals surface area contributed by atoms with E-state index in [2.05, 4.69) is 9.88 Å². The van der Waals surface area contributed by atoms with Crippen molar-refractivity contribution < 1.29 is 13.5 Å². The van der Waals surface area contributed by atoms with E-state index >= 15 is 0 Å². The molecule has 124 valence electrons. The molecule has 1 aromatic rings. The van der Waals surface area contributed by atoms with Crippen LogP contribution in [0.3, 0.4) is 0 Å². The van der Waals surface area contributed by atoms with Crippen molar-refractivity contribution in [2.45, 2.75) is 44.4 Å². The van der Waals surface area contributed by atoms with Crippen LogP contribution in [0.4, 0.5) is 0 Å². The number of nitrogens with zero attached hydrogens (tertiary/aromatic N) is 3. The highest BCUT2D eigenvalue weighted by Crippen LogP contribution is 2.40. The number of rotatable bonds is 3. The third kappa shape index (κ3) is 2.94. The molecule has 0 saturated carbocycles. The molecular weight excluding hydrogens is 322 g/mol. The highest BCUT2D eigenvalue weighted by atomic mass is 32.2. The average Bonchev–Trinajstić information content (AvgIpc) is 3.01. The average molecular weight is 345 g/mol. The van der Waals surface area contributed by atoms with Gasteiger partial charge in [-0.25, -0.2) is 13.4 Å². The zero-order valence-corrected chi connectivity index (χ0v) is 14.7. The molecule has 1 aromatic heterocycles. The Labute approximate surface area is 135 Å². The number of likely N-dealkylation sites (tertiary alicyclic amines) is 1. The summed E-state index contributed by atoms with van der Waals surface area (Å²) < 4.78 is 25.6. The molecule has 0 aromatic carbocycles. The second kappa shape index (κ2) is 5.83. The lowest BCUT2D eigenvalue weighted by molar-refractivity contribution is -0.0382. The van der Waals surface area contributed by atoms with E-state index in [-0.39, 0.29) is 0 Å². The molecule has 22 heavy (non-hydrogen) atoms. The van der Waals surface area contributed by atoms with E-state index in [0.29, 0.717) is 19.5 Å². The fourth-order valence-corrected chi connectivity index (χ4v) is 5.86. The third-order valence-electron chi connectivity index (χ3n) is 4.83. The summed E-state index contributed by atoms with van der Waals surface area (Å²) in [7, 11) is -3.27. The molecule has 3 rings (SSSR count). The summed E-state index contributed by atoms with van der Waals surface area (Å²) >= 11 is 1.63. The van der Waals surface area contributed by atoms with E-state index in [1.807, 2.05) is 12.3 Å². The summed E-state index contributed by atoms with van der Waals surface area (Å²) in [6, 6.07) is 0. The maximum Gasteiger partial charge on any atom is 0.211 e. The lowest BCUT2D eigenvalue weighted by atomic mass is 9.83. The standard InChI is InChI=1S/C14H23N3O3S2/c1-11-15-12(10-21-11)8-16-7-5-14(13(18)9-16)4-3-6-17(14)22(2,19)20/h10,13,18H,3-9H2,1-2H3/t13-,14-/m0/s1. The molecule has 0 aliphatic carbocycles. The first kappa shape index (κ1) is 16.3. The van der Waals surface area contributed by atoms with E-state index in [0.717, 1.165) is 36.6 Å². The Morgan fingerprint density at radius 3 is 2.82 bits per heavy atom. The quantitative estimate of drug-likeness (QED) is 0.878. The van der Waals surface area contributed by atoms with Crippen molar-refractivity contribution in [2.24, 2.45) is 0 Å². The van der Waals surface area contributed by atoms with Crippen molar-refractivity contribution in [3.8, 4) is 0 Å². The molecule has 0 unspecified atom stereocenters. The molecule has 0 amide bonds. The summed E-state index contributed by atoms with van der Waals surface area (Å²) in [5.74, 6) is 0. The van der Waals surface area contributed by atoms with Crippen LogP contribution in [0, 0.1) is 6.92 Å². The van der Waals surface area contributed by atoms with Gasteiger partial charge in [0.15, 0.2) is 0 Å². The summed E-state index contributed by atoms with van der Waals surface area (Å²) in [6.07, 6.45) is 2.88. The number of β-amino-alcohol motifs (C(OH)–C–C–N with tert-alkyl or cyclic N) is 1. The largest absolute Gasteiger partial charge is 0.390 e.